The molecule has 1 N–H and O–H groups in total. The number of piperazine rings is 1. The predicted molar refractivity (Wildman–Crippen MR) is 80.0 cm³/mol. The van der Waals surface area contributed by atoms with Gasteiger partial charge in [-0.15, -0.1) is 0 Å². The van der Waals surface area contributed by atoms with E-state index in [1.54, 1.807) is 0 Å². The summed E-state index contributed by atoms with van der Waals surface area (Å²) in [5.41, 5.74) is 0.538. The molecule has 1 heterocycles. The monoisotopic (exact) mass is 294 g/mol. The van der Waals surface area contributed by atoms with Gasteiger partial charge in [0.25, 0.3) is 0 Å². The van der Waals surface area contributed by atoms with Crippen molar-refractivity contribution < 1.29 is 8.78 Å². The molecule has 1 saturated heterocycles. The van der Waals surface area contributed by atoms with E-state index in [-0.39, 0.29) is 17.2 Å². The molecular weight excluding hydrogens is 270 g/mol. The van der Waals surface area contributed by atoms with Crippen molar-refractivity contribution in [1.29, 1.82) is 0 Å². The third-order valence-electron chi connectivity index (χ3n) is 5.09. The van der Waals surface area contributed by atoms with Gasteiger partial charge in [-0.25, -0.2) is 8.78 Å². The quantitative estimate of drug-likeness (QED) is 0.916. The third-order valence-corrected chi connectivity index (χ3v) is 5.09. The zero-order valence-electron chi connectivity index (χ0n) is 12.8. The molecule has 1 aromatic rings. The SMILES string of the molecule is CCC1(C)CN(Cc2cc(F)ccc2F)C(C2CC2)CN1. The standard InChI is InChI=1S/C17H24F2N2/c1-3-17(2)11-21(16(9-20-17)12-4-5-12)10-13-8-14(18)6-7-15(13)19/h6-8,12,16,20H,3-5,9-11H2,1-2H3. The lowest BCUT2D eigenvalue weighted by atomic mass is 9.91. The lowest BCUT2D eigenvalue weighted by Gasteiger charge is -2.46. The highest BCUT2D eigenvalue weighted by atomic mass is 19.1. The second kappa shape index (κ2) is 5.65. The van der Waals surface area contributed by atoms with Crippen LogP contribution in [-0.4, -0.2) is 29.6 Å². The molecule has 2 nitrogen and oxygen atoms in total. The van der Waals surface area contributed by atoms with Gasteiger partial charge in [-0.3, -0.25) is 4.90 Å². The summed E-state index contributed by atoms with van der Waals surface area (Å²) in [6, 6.07) is 4.21. The van der Waals surface area contributed by atoms with Gasteiger partial charge < -0.3 is 5.32 Å². The van der Waals surface area contributed by atoms with E-state index in [1.807, 2.05) is 0 Å². The summed E-state index contributed by atoms with van der Waals surface area (Å²) in [5, 5.41) is 3.65. The van der Waals surface area contributed by atoms with Gasteiger partial charge >= 0.3 is 0 Å². The summed E-state index contributed by atoms with van der Waals surface area (Å²) in [5.74, 6) is 0.0565. The van der Waals surface area contributed by atoms with Crippen molar-refractivity contribution in [3.05, 3.63) is 35.4 Å². The number of rotatable bonds is 4. The third kappa shape index (κ3) is 3.27. The molecule has 1 saturated carbocycles. The fourth-order valence-electron chi connectivity index (χ4n) is 3.34. The molecule has 1 aliphatic heterocycles. The van der Waals surface area contributed by atoms with Crippen molar-refractivity contribution >= 4 is 0 Å². The minimum Gasteiger partial charge on any atom is -0.309 e. The molecule has 0 radical (unpaired) electrons. The van der Waals surface area contributed by atoms with Gasteiger partial charge in [0.05, 0.1) is 0 Å². The van der Waals surface area contributed by atoms with Gasteiger partial charge in [0.15, 0.2) is 0 Å². The highest BCUT2D eigenvalue weighted by Crippen LogP contribution is 2.38. The largest absolute Gasteiger partial charge is 0.309 e. The number of nitrogens with zero attached hydrogens (tertiary/aromatic N) is 1. The van der Waals surface area contributed by atoms with Crippen molar-refractivity contribution in [2.75, 3.05) is 13.1 Å². The van der Waals surface area contributed by atoms with Crippen molar-refractivity contribution in [2.45, 2.75) is 51.2 Å². The van der Waals surface area contributed by atoms with Crippen LogP contribution in [0.1, 0.15) is 38.7 Å². The van der Waals surface area contributed by atoms with Crippen LogP contribution in [0.3, 0.4) is 0 Å². The van der Waals surface area contributed by atoms with Gasteiger partial charge in [0.2, 0.25) is 0 Å². The van der Waals surface area contributed by atoms with Crippen LogP contribution in [0.2, 0.25) is 0 Å². The van der Waals surface area contributed by atoms with E-state index in [0.29, 0.717) is 18.2 Å². The molecule has 2 aliphatic rings. The lowest BCUT2D eigenvalue weighted by molar-refractivity contribution is 0.0652. The fourth-order valence-corrected chi connectivity index (χ4v) is 3.34. The number of hydrogen-bond acceptors (Lipinski definition) is 2. The van der Waals surface area contributed by atoms with Gasteiger partial charge in [0, 0.05) is 36.8 Å². The Bertz CT molecular complexity index is 516. The van der Waals surface area contributed by atoms with E-state index in [1.165, 1.54) is 31.0 Å². The highest BCUT2D eigenvalue weighted by Gasteiger charge is 2.41. The summed E-state index contributed by atoms with van der Waals surface area (Å²) >= 11 is 0. The second-order valence-corrected chi connectivity index (χ2v) is 6.84. The molecule has 116 valence electrons. The Morgan fingerprint density at radius 3 is 2.76 bits per heavy atom. The van der Waals surface area contributed by atoms with Crippen LogP contribution in [0.5, 0.6) is 0 Å². The maximum Gasteiger partial charge on any atom is 0.127 e. The molecule has 2 fully saturated rings. The van der Waals surface area contributed by atoms with E-state index in [0.717, 1.165) is 25.4 Å². The van der Waals surface area contributed by atoms with Crippen molar-refractivity contribution in [3.8, 4) is 0 Å². The van der Waals surface area contributed by atoms with E-state index >= 15 is 0 Å². The van der Waals surface area contributed by atoms with Crippen LogP contribution in [0.4, 0.5) is 8.78 Å². The Labute approximate surface area is 125 Å². The summed E-state index contributed by atoms with van der Waals surface area (Å²) in [6.45, 7) is 6.73. The minimum atomic E-state index is -0.359. The average Bonchev–Trinajstić information content (AvgIpc) is 3.28. The molecule has 1 aliphatic carbocycles. The zero-order chi connectivity index (χ0) is 15.0. The fraction of sp³-hybridized carbons (Fsp3) is 0.647. The Morgan fingerprint density at radius 2 is 2.10 bits per heavy atom. The van der Waals surface area contributed by atoms with Crippen molar-refractivity contribution in [2.24, 2.45) is 5.92 Å². The minimum absolute atomic E-state index is 0.0647. The zero-order valence-corrected chi connectivity index (χ0v) is 12.8. The molecule has 4 heteroatoms. The first kappa shape index (κ1) is 14.9. The predicted octanol–water partition coefficient (Wildman–Crippen LogP) is 3.32. The number of nitrogens with one attached hydrogen (secondary N) is 1. The van der Waals surface area contributed by atoms with Crippen LogP contribution in [-0.2, 0) is 6.54 Å². The van der Waals surface area contributed by atoms with E-state index in [4.69, 9.17) is 0 Å². The lowest BCUT2D eigenvalue weighted by Crippen LogP contribution is -2.62. The molecule has 0 bridgehead atoms. The topological polar surface area (TPSA) is 15.3 Å². The van der Waals surface area contributed by atoms with Crippen molar-refractivity contribution in [1.82, 2.24) is 10.2 Å². The maximum absolute atomic E-state index is 13.9. The van der Waals surface area contributed by atoms with Gasteiger partial charge in [-0.2, -0.15) is 0 Å². The molecule has 2 atom stereocenters. The molecule has 0 spiro atoms. The molecular formula is C17H24F2N2. The molecule has 2 unspecified atom stereocenters. The first-order valence-electron chi connectivity index (χ1n) is 7.94. The molecule has 1 aromatic carbocycles. The smallest absolute Gasteiger partial charge is 0.127 e. The highest BCUT2D eigenvalue weighted by molar-refractivity contribution is 5.19. The average molecular weight is 294 g/mol. The van der Waals surface area contributed by atoms with Crippen LogP contribution < -0.4 is 5.32 Å². The Kier molecular flexibility index (Phi) is 4.02. The Morgan fingerprint density at radius 1 is 1.33 bits per heavy atom. The molecule has 0 aromatic heterocycles. The summed E-state index contributed by atoms with van der Waals surface area (Å²) in [4.78, 5) is 2.36. The number of halogens is 2. The maximum atomic E-state index is 13.9. The molecule has 21 heavy (non-hydrogen) atoms. The Hall–Kier alpha value is -1.00. The summed E-state index contributed by atoms with van der Waals surface area (Å²) in [6.07, 6.45) is 3.56. The van der Waals surface area contributed by atoms with E-state index in [9.17, 15) is 8.78 Å². The second-order valence-electron chi connectivity index (χ2n) is 6.84. The number of benzene rings is 1. The first-order chi connectivity index (χ1) is 10.0. The van der Waals surface area contributed by atoms with Crippen LogP contribution in [0.25, 0.3) is 0 Å². The summed E-state index contributed by atoms with van der Waals surface area (Å²) < 4.78 is 27.3. The normalized spacial score (nSPS) is 30.6. The van der Waals surface area contributed by atoms with Crippen molar-refractivity contribution in [3.63, 3.8) is 0 Å². The van der Waals surface area contributed by atoms with Crippen LogP contribution in [0, 0.1) is 17.6 Å². The molecule has 3 rings (SSSR count). The summed E-state index contributed by atoms with van der Waals surface area (Å²) in [7, 11) is 0. The van der Waals surface area contributed by atoms with E-state index < -0.39 is 0 Å². The number of hydrogen-bond donors (Lipinski definition) is 1. The van der Waals surface area contributed by atoms with Crippen LogP contribution in [0.15, 0.2) is 18.2 Å². The van der Waals surface area contributed by atoms with Gasteiger partial charge in [0.1, 0.15) is 11.6 Å². The van der Waals surface area contributed by atoms with Crippen LogP contribution >= 0.6 is 0 Å². The molecule has 0 amide bonds. The van der Waals surface area contributed by atoms with Gasteiger partial charge in [-0.1, -0.05) is 6.92 Å². The Balaban J connectivity index is 1.80. The first-order valence-corrected chi connectivity index (χ1v) is 7.94. The van der Waals surface area contributed by atoms with E-state index in [2.05, 4.69) is 24.1 Å². The van der Waals surface area contributed by atoms with Gasteiger partial charge in [-0.05, 0) is 50.3 Å².